The molecule has 0 radical (unpaired) electrons. The quantitative estimate of drug-likeness (QED) is 0.892. The molecule has 0 atom stereocenters. The number of pyridine rings is 1. The molecule has 1 aromatic heterocycles. The fourth-order valence-electron chi connectivity index (χ4n) is 2.63. The number of rotatable bonds is 2. The molecule has 1 aliphatic rings. The maximum atomic E-state index is 5.67. The smallest absolute Gasteiger partial charge is 0.0545 e. The molecule has 98 valence electrons. The molecular formula is C16H19N3. The molecule has 2 N–H and O–H groups in total. The highest BCUT2D eigenvalue weighted by Gasteiger charge is 2.13. The number of hydrogen-bond donors (Lipinski definition) is 1. The molecule has 2 aromatic rings. The number of nitrogen functional groups attached to an aromatic ring is 1. The van der Waals surface area contributed by atoms with E-state index in [2.05, 4.69) is 34.1 Å². The van der Waals surface area contributed by atoms with Gasteiger partial charge in [0.15, 0.2) is 0 Å². The minimum atomic E-state index is 0.729. The lowest BCUT2D eigenvalue weighted by molar-refractivity contribution is 0.276. The standard InChI is InChI=1S/C16H19N3/c17-15-5-6-16(18-11-15)12-19-9-7-13-3-1-2-4-14(13)8-10-19/h1-6,11H,7-10,12,17H2. The molecule has 0 aliphatic carbocycles. The molecule has 1 aliphatic heterocycles. The van der Waals surface area contributed by atoms with Crippen LogP contribution in [-0.2, 0) is 19.4 Å². The van der Waals surface area contributed by atoms with Crippen molar-refractivity contribution in [1.29, 1.82) is 0 Å². The fraction of sp³-hybridized carbons (Fsp3) is 0.312. The number of benzene rings is 1. The Kier molecular flexibility index (Phi) is 3.47. The lowest BCUT2D eigenvalue weighted by atomic mass is 10.0. The van der Waals surface area contributed by atoms with Crippen LogP contribution in [-0.4, -0.2) is 23.0 Å². The van der Waals surface area contributed by atoms with Crippen LogP contribution in [0.25, 0.3) is 0 Å². The Morgan fingerprint density at radius 3 is 2.26 bits per heavy atom. The van der Waals surface area contributed by atoms with Crippen LogP contribution in [0, 0.1) is 0 Å². The third-order valence-electron chi connectivity index (χ3n) is 3.75. The van der Waals surface area contributed by atoms with Crippen molar-refractivity contribution in [2.45, 2.75) is 19.4 Å². The van der Waals surface area contributed by atoms with Gasteiger partial charge in [-0.3, -0.25) is 9.88 Å². The first kappa shape index (κ1) is 12.2. The summed E-state index contributed by atoms with van der Waals surface area (Å²) in [4.78, 5) is 6.86. The molecule has 19 heavy (non-hydrogen) atoms. The monoisotopic (exact) mass is 253 g/mol. The van der Waals surface area contributed by atoms with Gasteiger partial charge in [0.25, 0.3) is 0 Å². The number of hydrogen-bond acceptors (Lipinski definition) is 3. The van der Waals surface area contributed by atoms with Crippen molar-refractivity contribution in [1.82, 2.24) is 9.88 Å². The van der Waals surface area contributed by atoms with Crippen LogP contribution in [0.1, 0.15) is 16.8 Å². The molecule has 0 amide bonds. The molecule has 0 unspecified atom stereocenters. The zero-order chi connectivity index (χ0) is 13.1. The summed E-state index contributed by atoms with van der Waals surface area (Å²) in [5.74, 6) is 0. The van der Waals surface area contributed by atoms with Crippen LogP contribution in [0.2, 0.25) is 0 Å². The van der Waals surface area contributed by atoms with Crippen molar-refractivity contribution in [3.8, 4) is 0 Å². The van der Waals surface area contributed by atoms with Crippen LogP contribution in [0.4, 0.5) is 5.69 Å². The molecule has 3 nitrogen and oxygen atoms in total. The summed E-state index contributed by atoms with van der Waals surface area (Å²) in [5, 5.41) is 0. The van der Waals surface area contributed by atoms with E-state index in [0.29, 0.717) is 0 Å². The first-order chi connectivity index (χ1) is 9.31. The van der Waals surface area contributed by atoms with Gasteiger partial charge in [-0.1, -0.05) is 24.3 Å². The minimum absolute atomic E-state index is 0.729. The van der Waals surface area contributed by atoms with Crippen LogP contribution in [0.15, 0.2) is 42.6 Å². The van der Waals surface area contributed by atoms with Gasteiger partial charge >= 0.3 is 0 Å². The first-order valence-electron chi connectivity index (χ1n) is 6.81. The summed E-state index contributed by atoms with van der Waals surface area (Å²) >= 11 is 0. The molecule has 0 saturated heterocycles. The summed E-state index contributed by atoms with van der Waals surface area (Å²) in [6.07, 6.45) is 4.00. The maximum Gasteiger partial charge on any atom is 0.0545 e. The van der Waals surface area contributed by atoms with Gasteiger partial charge in [-0.2, -0.15) is 0 Å². The van der Waals surface area contributed by atoms with E-state index in [9.17, 15) is 0 Å². The van der Waals surface area contributed by atoms with Crippen molar-refractivity contribution in [3.63, 3.8) is 0 Å². The van der Waals surface area contributed by atoms with Crippen LogP contribution in [0.5, 0.6) is 0 Å². The molecule has 0 saturated carbocycles. The fourth-order valence-corrected chi connectivity index (χ4v) is 2.63. The average Bonchev–Trinajstić information content (AvgIpc) is 2.64. The third-order valence-corrected chi connectivity index (χ3v) is 3.75. The van der Waals surface area contributed by atoms with E-state index >= 15 is 0 Å². The highest BCUT2D eigenvalue weighted by Crippen LogP contribution is 2.16. The highest BCUT2D eigenvalue weighted by molar-refractivity contribution is 5.34. The van der Waals surface area contributed by atoms with Crippen molar-refractivity contribution in [3.05, 3.63) is 59.4 Å². The molecule has 2 heterocycles. The Hall–Kier alpha value is -1.87. The van der Waals surface area contributed by atoms with E-state index in [1.165, 1.54) is 11.1 Å². The zero-order valence-corrected chi connectivity index (χ0v) is 11.0. The van der Waals surface area contributed by atoms with Gasteiger partial charge in [0.2, 0.25) is 0 Å². The predicted molar refractivity (Wildman–Crippen MR) is 77.8 cm³/mol. The largest absolute Gasteiger partial charge is 0.397 e. The van der Waals surface area contributed by atoms with Crippen molar-refractivity contribution in [2.24, 2.45) is 0 Å². The number of nitrogens with zero attached hydrogens (tertiary/aromatic N) is 2. The van der Waals surface area contributed by atoms with Gasteiger partial charge < -0.3 is 5.73 Å². The van der Waals surface area contributed by atoms with E-state index in [1.807, 2.05) is 12.1 Å². The number of aromatic nitrogens is 1. The van der Waals surface area contributed by atoms with E-state index < -0.39 is 0 Å². The summed E-state index contributed by atoms with van der Waals surface area (Å²) in [7, 11) is 0. The summed E-state index contributed by atoms with van der Waals surface area (Å²) in [5.41, 5.74) is 10.5. The lowest BCUT2D eigenvalue weighted by Gasteiger charge is -2.19. The van der Waals surface area contributed by atoms with Gasteiger partial charge in [0.05, 0.1) is 17.6 Å². The molecule has 1 aromatic carbocycles. The van der Waals surface area contributed by atoms with Crippen molar-refractivity contribution in [2.75, 3.05) is 18.8 Å². The molecule has 0 spiro atoms. The Morgan fingerprint density at radius 1 is 1.00 bits per heavy atom. The van der Waals surface area contributed by atoms with E-state index in [1.54, 1.807) is 6.20 Å². The minimum Gasteiger partial charge on any atom is -0.397 e. The normalized spacial score (nSPS) is 15.8. The predicted octanol–water partition coefficient (Wildman–Crippen LogP) is 2.26. The zero-order valence-electron chi connectivity index (χ0n) is 11.0. The lowest BCUT2D eigenvalue weighted by Crippen LogP contribution is -2.26. The molecule has 3 heteroatoms. The van der Waals surface area contributed by atoms with Gasteiger partial charge in [-0.05, 0) is 36.1 Å². The SMILES string of the molecule is Nc1ccc(CN2CCc3ccccc3CC2)nc1. The van der Waals surface area contributed by atoms with E-state index in [4.69, 9.17) is 5.73 Å². The number of anilines is 1. The first-order valence-corrected chi connectivity index (χ1v) is 6.81. The number of nitrogens with two attached hydrogens (primary N) is 1. The van der Waals surface area contributed by atoms with Gasteiger partial charge in [-0.15, -0.1) is 0 Å². The summed E-state index contributed by atoms with van der Waals surface area (Å²) < 4.78 is 0. The van der Waals surface area contributed by atoms with Gasteiger partial charge in [-0.25, -0.2) is 0 Å². The molecular weight excluding hydrogens is 234 g/mol. The molecule has 3 rings (SSSR count). The van der Waals surface area contributed by atoms with E-state index in [-0.39, 0.29) is 0 Å². The second-order valence-electron chi connectivity index (χ2n) is 5.13. The second kappa shape index (κ2) is 5.41. The Bertz CT molecular complexity index is 521. The van der Waals surface area contributed by atoms with Gasteiger partial charge in [0, 0.05) is 19.6 Å². The summed E-state index contributed by atoms with van der Waals surface area (Å²) in [6, 6.07) is 12.7. The van der Waals surface area contributed by atoms with Crippen LogP contribution < -0.4 is 5.73 Å². The second-order valence-corrected chi connectivity index (χ2v) is 5.13. The Balaban J connectivity index is 1.67. The van der Waals surface area contributed by atoms with Crippen LogP contribution in [0.3, 0.4) is 0 Å². The van der Waals surface area contributed by atoms with Crippen LogP contribution >= 0.6 is 0 Å². The number of fused-ring (bicyclic) bond motifs is 1. The highest BCUT2D eigenvalue weighted by atomic mass is 15.1. The van der Waals surface area contributed by atoms with E-state index in [0.717, 1.165) is 43.9 Å². The third kappa shape index (κ3) is 2.93. The van der Waals surface area contributed by atoms with Crippen molar-refractivity contribution < 1.29 is 0 Å². The summed E-state index contributed by atoms with van der Waals surface area (Å²) in [6.45, 7) is 3.11. The Labute approximate surface area is 114 Å². The average molecular weight is 253 g/mol. The maximum absolute atomic E-state index is 5.67. The molecule has 0 fully saturated rings. The topological polar surface area (TPSA) is 42.1 Å². The molecule has 0 bridgehead atoms. The Morgan fingerprint density at radius 2 is 1.68 bits per heavy atom. The van der Waals surface area contributed by atoms with Gasteiger partial charge in [0.1, 0.15) is 0 Å². The van der Waals surface area contributed by atoms with Crippen molar-refractivity contribution >= 4 is 5.69 Å².